The maximum absolute atomic E-state index is 11.7. The average molecular weight is 295 g/mol. The zero-order valence-electron chi connectivity index (χ0n) is 9.53. The van der Waals surface area contributed by atoms with E-state index in [0.29, 0.717) is 0 Å². The number of rotatable bonds is 3. The van der Waals surface area contributed by atoms with Crippen molar-refractivity contribution in [2.45, 2.75) is 25.7 Å². The van der Waals surface area contributed by atoms with Crippen molar-refractivity contribution in [1.82, 2.24) is 5.43 Å². The molecule has 90 valence electrons. The maximum Gasteiger partial charge on any atom is 0.243 e. The molecule has 0 atom stereocenters. The van der Waals surface area contributed by atoms with E-state index >= 15 is 0 Å². The molecule has 4 heteroatoms. The Morgan fingerprint density at radius 2 is 1.94 bits per heavy atom. The number of amides is 1. The minimum atomic E-state index is 0.0517. The summed E-state index contributed by atoms with van der Waals surface area (Å²) in [6, 6.07) is 7.77. The van der Waals surface area contributed by atoms with Crippen LogP contribution in [0, 0.1) is 5.92 Å². The molecule has 17 heavy (non-hydrogen) atoms. The molecule has 1 aliphatic carbocycles. The van der Waals surface area contributed by atoms with Gasteiger partial charge in [0.2, 0.25) is 5.91 Å². The summed E-state index contributed by atoms with van der Waals surface area (Å²) >= 11 is 3.37. The Balaban J connectivity index is 1.84. The predicted octanol–water partition coefficient (Wildman–Crippen LogP) is 3.09. The summed E-state index contributed by atoms with van der Waals surface area (Å²) in [5, 5.41) is 3.98. The van der Waals surface area contributed by atoms with Crippen LogP contribution in [0.5, 0.6) is 0 Å². The lowest BCUT2D eigenvalue weighted by molar-refractivity contribution is -0.124. The minimum Gasteiger partial charge on any atom is -0.273 e. The van der Waals surface area contributed by atoms with Crippen LogP contribution in [0.1, 0.15) is 31.2 Å². The predicted molar refractivity (Wildman–Crippen MR) is 71.8 cm³/mol. The number of nitrogens with zero attached hydrogens (tertiary/aromatic N) is 1. The third-order valence-electron chi connectivity index (χ3n) is 2.98. The lowest BCUT2D eigenvalue weighted by atomic mass is 10.1. The van der Waals surface area contributed by atoms with Gasteiger partial charge in [0, 0.05) is 10.4 Å². The topological polar surface area (TPSA) is 41.5 Å². The van der Waals surface area contributed by atoms with Crippen molar-refractivity contribution in [2.75, 3.05) is 0 Å². The minimum absolute atomic E-state index is 0.0517. The van der Waals surface area contributed by atoms with Crippen LogP contribution in [0.3, 0.4) is 0 Å². The van der Waals surface area contributed by atoms with Gasteiger partial charge in [-0.2, -0.15) is 5.10 Å². The number of hydrazone groups is 1. The van der Waals surface area contributed by atoms with Crippen LogP contribution in [0.2, 0.25) is 0 Å². The Morgan fingerprint density at radius 1 is 1.29 bits per heavy atom. The number of halogens is 1. The lowest BCUT2D eigenvalue weighted by Gasteiger charge is -2.05. The van der Waals surface area contributed by atoms with E-state index in [4.69, 9.17) is 0 Å². The van der Waals surface area contributed by atoms with Gasteiger partial charge in [-0.1, -0.05) is 40.9 Å². The van der Waals surface area contributed by atoms with Crippen LogP contribution >= 0.6 is 15.9 Å². The van der Waals surface area contributed by atoms with Crippen molar-refractivity contribution in [2.24, 2.45) is 11.0 Å². The van der Waals surface area contributed by atoms with Gasteiger partial charge in [0.1, 0.15) is 0 Å². The molecule has 1 aromatic carbocycles. The molecule has 1 amide bonds. The molecule has 1 aromatic rings. The van der Waals surface area contributed by atoms with E-state index in [1.165, 1.54) is 0 Å². The van der Waals surface area contributed by atoms with E-state index in [9.17, 15) is 4.79 Å². The molecule has 0 unspecified atom stereocenters. The summed E-state index contributed by atoms with van der Waals surface area (Å²) in [6.45, 7) is 0. The van der Waals surface area contributed by atoms with Crippen LogP contribution in [0.4, 0.5) is 0 Å². The SMILES string of the molecule is O=C(N/N=C/c1ccc(Br)cc1)C1CCCC1. The zero-order valence-corrected chi connectivity index (χ0v) is 11.1. The summed E-state index contributed by atoms with van der Waals surface area (Å²) in [5.74, 6) is 0.216. The first kappa shape index (κ1) is 12.3. The summed E-state index contributed by atoms with van der Waals surface area (Å²) in [7, 11) is 0. The molecule has 0 aliphatic heterocycles. The molecule has 0 heterocycles. The van der Waals surface area contributed by atoms with E-state index < -0.39 is 0 Å². The number of hydrogen-bond donors (Lipinski definition) is 1. The van der Waals surface area contributed by atoms with Crippen LogP contribution in [0.25, 0.3) is 0 Å². The first-order valence-electron chi connectivity index (χ1n) is 5.84. The van der Waals surface area contributed by atoms with E-state index in [-0.39, 0.29) is 11.8 Å². The van der Waals surface area contributed by atoms with Gasteiger partial charge in [-0.3, -0.25) is 4.79 Å². The summed E-state index contributed by atoms with van der Waals surface area (Å²) in [5.41, 5.74) is 3.58. The second kappa shape index (κ2) is 5.96. The summed E-state index contributed by atoms with van der Waals surface area (Å²) in [4.78, 5) is 11.7. The highest BCUT2D eigenvalue weighted by molar-refractivity contribution is 9.10. The van der Waals surface area contributed by atoms with Gasteiger partial charge in [-0.15, -0.1) is 0 Å². The van der Waals surface area contributed by atoms with Crippen molar-refractivity contribution >= 4 is 28.1 Å². The fraction of sp³-hybridized carbons (Fsp3) is 0.385. The molecule has 3 nitrogen and oxygen atoms in total. The monoisotopic (exact) mass is 294 g/mol. The average Bonchev–Trinajstić information content (AvgIpc) is 2.85. The summed E-state index contributed by atoms with van der Waals surface area (Å²) in [6.07, 6.45) is 5.99. The van der Waals surface area contributed by atoms with Gasteiger partial charge in [0.05, 0.1) is 6.21 Å². The molecule has 0 radical (unpaired) electrons. The molecule has 1 N–H and O–H groups in total. The highest BCUT2D eigenvalue weighted by Gasteiger charge is 2.21. The van der Waals surface area contributed by atoms with E-state index in [2.05, 4.69) is 26.5 Å². The zero-order chi connectivity index (χ0) is 12.1. The van der Waals surface area contributed by atoms with E-state index in [0.717, 1.165) is 35.7 Å². The lowest BCUT2D eigenvalue weighted by Crippen LogP contribution is -2.24. The Morgan fingerprint density at radius 3 is 2.59 bits per heavy atom. The second-order valence-electron chi connectivity index (χ2n) is 4.27. The van der Waals surface area contributed by atoms with Crippen LogP contribution in [-0.2, 0) is 4.79 Å². The van der Waals surface area contributed by atoms with Gasteiger partial charge >= 0.3 is 0 Å². The second-order valence-corrected chi connectivity index (χ2v) is 5.18. The van der Waals surface area contributed by atoms with Gasteiger partial charge in [0.25, 0.3) is 0 Å². The molecule has 1 saturated carbocycles. The molecule has 1 aliphatic rings. The number of benzene rings is 1. The maximum atomic E-state index is 11.7. The van der Waals surface area contributed by atoms with Gasteiger partial charge in [0.15, 0.2) is 0 Å². The van der Waals surface area contributed by atoms with Gasteiger partial charge in [-0.05, 0) is 30.5 Å². The first-order chi connectivity index (χ1) is 8.25. The molecule has 0 bridgehead atoms. The van der Waals surface area contributed by atoms with E-state index in [1.54, 1.807) is 6.21 Å². The fourth-order valence-electron chi connectivity index (χ4n) is 2.00. The number of carbonyl (C=O) groups excluding carboxylic acids is 1. The van der Waals surface area contributed by atoms with Crippen molar-refractivity contribution in [3.05, 3.63) is 34.3 Å². The van der Waals surface area contributed by atoms with Crippen LogP contribution < -0.4 is 5.43 Å². The first-order valence-corrected chi connectivity index (χ1v) is 6.63. The molecule has 0 saturated heterocycles. The quantitative estimate of drug-likeness (QED) is 0.675. The third-order valence-corrected chi connectivity index (χ3v) is 3.51. The normalized spacial score (nSPS) is 16.5. The fourth-order valence-corrected chi connectivity index (χ4v) is 2.26. The molecule has 0 aromatic heterocycles. The Kier molecular flexibility index (Phi) is 4.31. The van der Waals surface area contributed by atoms with Gasteiger partial charge < -0.3 is 0 Å². The van der Waals surface area contributed by atoms with Gasteiger partial charge in [-0.25, -0.2) is 5.43 Å². The third kappa shape index (κ3) is 3.66. The molecule has 1 fully saturated rings. The Labute approximate surface area is 109 Å². The standard InChI is InChI=1S/C13H15BrN2O/c14-12-7-5-10(6-8-12)9-15-16-13(17)11-3-1-2-4-11/h5-9,11H,1-4H2,(H,16,17)/b15-9+. The largest absolute Gasteiger partial charge is 0.273 e. The number of carbonyl (C=O) groups is 1. The smallest absolute Gasteiger partial charge is 0.243 e. The van der Waals surface area contributed by atoms with Crippen molar-refractivity contribution in [1.29, 1.82) is 0 Å². The highest BCUT2D eigenvalue weighted by Crippen LogP contribution is 2.24. The molecular weight excluding hydrogens is 280 g/mol. The summed E-state index contributed by atoms with van der Waals surface area (Å²) < 4.78 is 1.03. The van der Waals surface area contributed by atoms with Crippen LogP contribution in [-0.4, -0.2) is 12.1 Å². The van der Waals surface area contributed by atoms with Crippen molar-refractivity contribution in [3.8, 4) is 0 Å². The van der Waals surface area contributed by atoms with Crippen molar-refractivity contribution < 1.29 is 4.79 Å². The molecular formula is C13H15BrN2O. The number of nitrogens with one attached hydrogen (secondary N) is 1. The molecule has 2 rings (SSSR count). The van der Waals surface area contributed by atoms with Crippen molar-refractivity contribution in [3.63, 3.8) is 0 Å². The Hall–Kier alpha value is -1.16. The highest BCUT2D eigenvalue weighted by atomic mass is 79.9. The van der Waals surface area contributed by atoms with E-state index in [1.807, 2.05) is 24.3 Å². The molecule has 0 spiro atoms. The number of hydrogen-bond acceptors (Lipinski definition) is 2. The van der Waals surface area contributed by atoms with Crippen LogP contribution in [0.15, 0.2) is 33.8 Å². The Bertz CT molecular complexity index is 408.